The summed E-state index contributed by atoms with van der Waals surface area (Å²) in [6, 6.07) is 17.0. The monoisotopic (exact) mass is 526 g/mol. The Morgan fingerprint density at radius 2 is 1.79 bits per heavy atom. The number of nitrogens with zero attached hydrogens (tertiary/aromatic N) is 1. The van der Waals surface area contributed by atoms with Gasteiger partial charge in [-0.1, -0.05) is 30.3 Å². The summed E-state index contributed by atoms with van der Waals surface area (Å²) >= 11 is 0. The van der Waals surface area contributed by atoms with Crippen LogP contribution < -0.4 is 16.4 Å². The Bertz CT molecular complexity index is 1270. The summed E-state index contributed by atoms with van der Waals surface area (Å²) in [5.41, 5.74) is 5.76. The first-order chi connectivity index (χ1) is 18.2. The van der Waals surface area contributed by atoms with Crippen LogP contribution in [0.4, 0.5) is 30.4 Å². The Labute approximate surface area is 218 Å². The Balaban J connectivity index is 1.31. The standard InChI is InChI=1S/C28H29F3N4O3/c29-28(30,31)21-5-1-2-6-22(21)34-20-12-10-19(11-13-20)17-33-26(37)27(15-16-38-18-27)14-4-8-24(36)23-7-3-9-25(32)35-23/h1-3,5-7,9-13,34H,4,8,14-18H2,(H2,32,35)(H,33,37)/t27-/m1/s1. The molecule has 10 heteroatoms. The van der Waals surface area contributed by atoms with Crippen LogP contribution >= 0.6 is 0 Å². The Hall–Kier alpha value is -3.92. The molecule has 3 aromatic rings. The fourth-order valence-corrected chi connectivity index (χ4v) is 4.49. The minimum absolute atomic E-state index is 0.0331. The molecule has 1 aromatic heterocycles. The van der Waals surface area contributed by atoms with Crippen molar-refractivity contribution in [2.75, 3.05) is 24.3 Å². The fraction of sp³-hybridized carbons (Fsp3) is 0.321. The minimum Gasteiger partial charge on any atom is -0.384 e. The van der Waals surface area contributed by atoms with Crippen LogP contribution in [0.15, 0.2) is 66.7 Å². The number of carbonyl (C=O) groups excluding carboxylic acids is 2. The third-order valence-electron chi connectivity index (χ3n) is 6.62. The number of ketones is 1. The van der Waals surface area contributed by atoms with E-state index in [-0.39, 0.29) is 42.8 Å². The van der Waals surface area contributed by atoms with E-state index in [0.29, 0.717) is 37.3 Å². The van der Waals surface area contributed by atoms with Crippen LogP contribution in [-0.2, 0) is 22.3 Å². The van der Waals surface area contributed by atoms with Crippen LogP contribution in [-0.4, -0.2) is 29.9 Å². The molecule has 1 saturated heterocycles. The van der Waals surface area contributed by atoms with Crippen molar-refractivity contribution < 1.29 is 27.5 Å². The van der Waals surface area contributed by atoms with E-state index in [1.165, 1.54) is 18.2 Å². The second-order valence-corrected chi connectivity index (χ2v) is 9.36. The van der Waals surface area contributed by atoms with Gasteiger partial charge >= 0.3 is 6.18 Å². The van der Waals surface area contributed by atoms with Crippen molar-refractivity contribution in [2.24, 2.45) is 5.41 Å². The maximum absolute atomic E-state index is 13.2. The number of halogens is 3. The highest BCUT2D eigenvalue weighted by molar-refractivity contribution is 5.94. The first-order valence-corrected chi connectivity index (χ1v) is 12.3. The van der Waals surface area contributed by atoms with Crippen LogP contribution in [0.25, 0.3) is 0 Å². The zero-order valence-corrected chi connectivity index (χ0v) is 20.7. The van der Waals surface area contributed by atoms with E-state index >= 15 is 0 Å². The van der Waals surface area contributed by atoms with Crippen LogP contribution in [0.3, 0.4) is 0 Å². The number of alkyl halides is 3. The summed E-state index contributed by atoms with van der Waals surface area (Å²) in [6.07, 6.45) is -2.66. The number of carbonyl (C=O) groups is 2. The summed E-state index contributed by atoms with van der Waals surface area (Å²) in [5, 5.41) is 5.76. The van der Waals surface area contributed by atoms with Crippen molar-refractivity contribution in [1.82, 2.24) is 10.3 Å². The fourth-order valence-electron chi connectivity index (χ4n) is 4.49. The average Bonchev–Trinajstić information content (AvgIpc) is 3.38. The number of nitrogens with two attached hydrogens (primary N) is 1. The van der Waals surface area contributed by atoms with Gasteiger partial charge in [0.25, 0.3) is 0 Å². The molecule has 1 atom stereocenters. The second-order valence-electron chi connectivity index (χ2n) is 9.36. The van der Waals surface area contributed by atoms with Crippen LogP contribution in [0.2, 0.25) is 0 Å². The molecule has 0 bridgehead atoms. The van der Waals surface area contributed by atoms with Gasteiger partial charge in [-0.3, -0.25) is 9.59 Å². The molecule has 2 aromatic carbocycles. The molecule has 200 valence electrons. The van der Waals surface area contributed by atoms with E-state index in [9.17, 15) is 22.8 Å². The molecule has 0 saturated carbocycles. The van der Waals surface area contributed by atoms with E-state index < -0.39 is 17.2 Å². The van der Waals surface area contributed by atoms with E-state index in [4.69, 9.17) is 10.5 Å². The van der Waals surface area contributed by atoms with E-state index in [2.05, 4.69) is 15.6 Å². The maximum atomic E-state index is 13.2. The van der Waals surface area contributed by atoms with Gasteiger partial charge in [-0.15, -0.1) is 0 Å². The lowest BCUT2D eigenvalue weighted by molar-refractivity contribution is -0.137. The van der Waals surface area contributed by atoms with Crippen LogP contribution in [0.5, 0.6) is 0 Å². The Morgan fingerprint density at radius 1 is 1.03 bits per heavy atom. The van der Waals surface area contributed by atoms with Gasteiger partial charge < -0.3 is 21.1 Å². The second kappa shape index (κ2) is 11.6. The lowest BCUT2D eigenvalue weighted by atomic mass is 9.80. The first kappa shape index (κ1) is 27.1. The van der Waals surface area contributed by atoms with Gasteiger partial charge in [-0.2, -0.15) is 13.2 Å². The number of para-hydroxylation sites is 1. The Morgan fingerprint density at radius 3 is 2.47 bits per heavy atom. The predicted octanol–water partition coefficient (Wildman–Crippen LogP) is 5.50. The largest absolute Gasteiger partial charge is 0.418 e. The highest BCUT2D eigenvalue weighted by atomic mass is 19.4. The lowest BCUT2D eigenvalue weighted by Gasteiger charge is -2.26. The number of pyridine rings is 1. The number of nitrogens with one attached hydrogen (secondary N) is 2. The number of ether oxygens (including phenoxy) is 1. The molecule has 1 aliphatic heterocycles. The molecular weight excluding hydrogens is 497 g/mol. The van der Waals surface area contributed by atoms with E-state index in [0.717, 1.165) is 11.6 Å². The molecule has 7 nitrogen and oxygen atoms in total. The molecule has 0 unspecified atom stereocenters. The zero-order chi connectivity index (χ0) is 27.2. The molecule has 4 rings (SSSR count). The quantitative estimate of drug-likeness (QED) is 0.301. The summed E-state index contributed by atoms with van der Waals surface area (Å²) in [7, 11) is 0. The van der Waals surface area contributed by atoms with Crippen molar-refractivity contribution in [2.45, 2.75) is 38.4 Å². The maximum Gasteiger partial charge on any atom is 0.418 e. The van der Waals surface area contributed by atoms with Gasteiger partial charge in [0.2, 0.25) is 5.91 Å². The van der Waals surface area contributed by atoms with Crippen LogP contribution in [0, 0.1) is 5.41 Å². The highest BCUT2D eigenvalue weighted by Gasteiger charge is 2.41. The van der Waals surface area contributed by atoms with E-state index in [1.54, 1.807) is 42.5 Å². The molecule has 2 heterocycles. The number of nitrogen functional groups attached to an aromatic ring is 1. The number of Topliss-reactive ketones (excluding diaryl/α,β-unsaturated/α-hetero) is 1. The zero-order valence-electron chi connectivity index (χ0n) is 20.7. The smallest absolute Gasteiger partial charge is 0.384 e. The summed E-state index contributed by atoms with van der Waals surface area (Å²) in [4.78, 5) is 29.7. The number of aromatic nitrogens is 1. The predicted molar refractivity (Wildman–Crippen MR) is 138 cm³/mol. The van der Waals surface area contributed by atoms with E-state index in [1.807, 2.05) is 0 Å². The number of anilines is 3. The molecular formula is C28H29F3N4O3. The Kier molecular flexibility index (Phi) is 8.31. The molecule has 4 N–H and O–H groups in total. The topological polar surface area (TPSA) is 106 Å². The van der Waals surface area contributed by atoms with Gasteiger partial charge in [-0.25, -0.2) is 4.98 Å². The number of benzene rings is 2. The van der Waals surface area contributed by atoms with Gasteiger partial charge in [0.1, 0.15) is 11.5 Å². The first-order valence-electron chi connectivity index (χ1n) is 12.3. The molecule has 0 spiro atoms. The SMILES string of the molecule is Nc1cccc(C(=O)CCC[C@@]2(C(=O)NCc3ccc(Nc4ccccc4C(F)(F)F)cc3)CCOC2)n1. The van der Waals surface area contributed by atoms with Gasteiger partial charge in [0, 0.05) is 25.3 Å². The molecule has 38 heavy (non-hydrogen) atoms. The van der Waals surface area contributed by atoms with Crippen LogP contribution in [0.1, 0.15) is 47.3 Å². The van der Waals surface area contributed by atoms with Gasteiger partial charge in [0.05, 0.1) is 23.3 Å². The third kappa shape index (κ3) is 6.69. The molecule has 1 aliphatic rings. The number of hydrogen-bond donors (Lipinski definition) is 3. The van der Waals surface area contributed by atoms with Crippen molar-refractivity contribution in [3.05, 3.63) is 83.6 Å². The van der Waals surface area contributed by atoms with Crippen molar-refractivity contribution in [3.63, 3.8) is 0 Å². The number of hydrogen-bond acceptors (Lipinski definition) is 6. The number of rotatable bonds is 10. The molecule has 1 fully saturated rings. The summed E-state index contributed by atoms with van der Waals surface area (Å²) < 4.78 is 45.3. The molecule has 0 aliphatic carbocycles. The van der Waals surface area contributed by atoms with Crippen molar-refractivity contribution in [3.8, 4) is 0 Å². The molecule has 0 radical (unpaired) electrons. The number of amides is 1. The summed E-state index contributed by atoms with van der Waals surface area (Å²) in [6.45, 7) is 1.01. The van der Waals surface area contributed by atoms with Gasteiger partial charge in [0.15, 0.2) is 5.78 Å². The normalized spacial score (nSPS) is 17.2. The van der Waals surface area contributed by atoms with Crippen molar-refractivity contribution >= 4 is 28.9 Å². The average molecular weight is 527 g/mol. The minimum atomic E-state index is -4.46. The molecule has 1 amide bonds. The summed E-state index contributed by atoms with van der Waals surface area (Å²) in [5.74, 6) is 0.00925. The lowest BCUT2D eigenvalue weighted by Crippen LogP contribution is -2.41. The van der Waals surface area contributed by atoms with Crippen molar-refractivity contribution in [1.29, 1.82) is 0 Å². The highest BCUT2D eigenvalue weighted by Crippen LogP contribution is 2.36. The third-order valence-corrected chi connectivity index (χ3v) is 6.62. The van der Waals surface area contributed by atoms with Gasteiger partial charge in [-0.05, 0) is 61.2 Å².